The van der Waals surface area contributed by atoms with Gasteiger partial charge in [0.05, 0.1) is 23.4 Å². The number of rotatable bonds is 5. The highest BCUT2D eigenvalue weighted by Crippen LogP contribution is 2.23. The maximum atomic E-state index is 10.6. The van der Waals surface area contributed by atoms with Crippen LogP contribution in [0.2, 0.25) is 0 Å². The maximum absolute atomic E-state index is 10.6. The van der Waals surface area contributed by atoms with Crippen molar-refractivity contribution in [2.24, 2.45) is 0 Å². The lowest BCUT2D eigenvalue weighted by Gasteiger charge is -2.24. The van der Waals surface area contributed by atoms with E-state index in [1.807, 2.05) is 24.8 Å². The zero-order valence-electron chi connectivity index (χ0n) is 10.9. The van der Waals surface area contributed by atoms with Crippen LogP contribution >= 0.6 is 0 Å². The van der Waals surface area contributed by atoms with Gasteiger partial charge in [0.25, 0.3) is 0 Å². The van der Waals surface area contributed by atoms with Gasteiger partial charge in [-0.2, -0.15) is 5.26 Å². The van der Waals surface area contributed by atoms with Crippen LogP contribution in [0.5, 0.6) is 0 Å². The van der Waals surface area contributed by atoms with Crippen molar-refractivity contribution in [3.8, 4) is 6.07 Å². The van der Waals surface area contributed by atoms with Gasteiger partial charge in [0, 0.05) is 18.8 Å². The van der Waals surface area contributed by atoms with Crippen LogP contribution in [-0.2, 0) is 4.79 Å². The number of anilines is 1. The van der Waals surface area contributed by atoms with E-state index in [9.17, 15) is 10.1 Å². The van der Waals surface area contributed by atoms with Crippen molar-refractivity contribution in [3.63, 3.8) is 0 Å². The van der Waals surface area contributed by atoms with Crippen LogP contribution in [-0.4, -0.2) is 29.1 Å². The van der Waals surface area contributed by atoms with Crippen molar-refractivity contribution in [2.75, 3.05) is 18.0 Å². The fraction of sp³-hybridized carbons (Fsp3) is 0.462. The van der Waals surface area contributed by atoms with Gasteiger partial charge in [-0.3, -0.25) is 9.78 Å². The topological polar surface area (TPSA) is 77.2 Å². The van der Waals surface area contributed by atoms with Crippen molar-refractivity contribution < 1.29 is 9.90 Å². The summed E-state index contributed by atoms with van der Waals surface area (Å²) in [4.78, 5) is 16.8. The van der Waals surface area contributed by atoms with Crippen LogP contribution in [0.1, 0.15) is 30.3 Å². The Morgan fingerprint density at radius 3 is 2.72 bits per heavy atom. The molecular formula is C13H17N3O2. The third kappa shape index (κ3) is 3.20. The van der Waals surface area contributed by atoms with Gasteiger partial charge in [-0.1, -0.05) is 0 Å². The first kappa shape index (κ1) is 14.0. The summed E-state index contributed by atoms with van der Waals surface area (Å²) >= 11 is 0. The molecule has 0 radical (unpaired) electrons. The lowest BCUT2D eigenvalue weighted by atomic mass is 10.1. The molecule has 18 heavy (non-hydrogen) atoms. The molecule has 0 aliphatic carbocycles. The van der Waals surface area contributed by atoms with Gasteiger partial charge in [-0.25, -0.2) is 0 Å². The second kappa shape index (κ2) is 6.01. The van der Waals surface area contributed by atoms with Crippen LogP contribution in [0.4, 0.5) is 5.69 Å². The van der Waals surface area contributed by atoms with Crippen molar-refractivity contribution in [3.05, 3.63) is 23.0 Å². The average Bonchev–Trinajstić information content (AvgIpc) is 2.29. The number of pyridine rings is 1. The predicted octanol–water partition coefficient (Wildman–Crippen LogP) is 1.87. The summed E-state index contributed by atoms with van der Waals surface area (Å²) in [5, 5.41) is 17.9. The maximum Gasteiger partial charge on any atom is 0.305 e. The lowest BCUT2D eigenvalue weighted by molar-refractivity contribution is -0.136. The second-order valence-electron chi connectivity index (χ2n) is 4.08. The Hall–Kier alpha value is -2.09. The molecule has 5 nitrogen and oxygen atoms in total. The molecule has 1 rings (SSSR count). The Morgan fingerprint density at radius 2 is 2.22 bits per heavy atom. The number of nitrogens with zero attached hydrogens (tertiary/aromatic N) is 3. The molecule has 0 aromatic carbocycles. The molecule has 0 fully saturated rings. The molecule has 1 aromatic rings. The van der Waals surface area contributed by atoms with E-state index in [4.69, 9.17) is 5.11 Å². The number of carbonyl (C=O) groups is 1. The summed E-state index contributed by atoms with van der Waals surface area (Å²) in [6.07, 6.45) is 0.0547. The molecule has 1 aromatic heterocycles. The monoisotopic (exact) mass is 247 g/mol. The Labute approximate surface area is 107 Å². The zero-order valence-corrected chi connectivity index (χ0v) is 10.9. The summed E-state index contributed by atoms with van der Waals surface area (Å²) < 4.78 is 0. The quantitative estimate of drug-likeness (QED) is 0.859. The van der Waals surface area contributed by atoms with E-state index >= 15 is 0 Å². The minimum atomic E-state index is -0.838. The van der Waals surface area contributed by atoms with Gasteiger partial charge in [0.1, 0.15) is 6.07 Å². The van der Waals surface area contributed by atoms with Gasteiger partial charge in [-0.15, -0.1) is 0 Å². The van der Waals surface area contributed by atoms with Gasteiger partial charge < -0.3 is 10.0 Å². The molecule has 0 aliphatic rings. The smallest absolute Gasteiger partial charge is 0.305 e. The molecular weight excluding hydrogens is 230 g/mol. The molecule has 0 spiro atoms. The number of hydrogen-bond donors (Lipinski definition) is 1. The van der Waals surface area contributed by atoms with E-state index in [2.05, 4.69) is 11.1 Å². The lowest BCUT2D eigenvalue weighted by Crippen LogP contribution is -2.27. The predicted molar refractivity (Wildman–Crippen MR) is 68.6 cm³/mol. The number of nitriles is 1. The highest BCUT2D eigenvalue weighted by Gasteiger charge is 2.14. The number of aromatic nitrogens is 1. The first-order valence-corrected chi connectivity index (χ1v) is 5.84. The van der Waals surface area contributed by atoms with E-state index in [-0.39, 0.29) is 6.42 Å². The van der Waals surface area contributed by atoms with E-state index in [0.717, 1.165) is 11.4 Å². The summed E-state index contributed by atoms with van der Waals surface area (Å²) in [5.74, 6) is -0.838. The normalized spacial score (nSPS) is 9.89. The summed E-state index contributed by atoms with van der Waals surface area (Å²) in [6.45, 7) is 6.64. The molecule has 1 N–H and O–H groups in total. The van der Waals surface area contributed by atoms with Crippen LogP contribution in [0.15, 0.2) is 6.07 Å². The van der Waals surface area contributed by atoms with Gasteiger partial charge in [0.2, 0.25) is 0 Å². The Kier molecular flexibility index (Phi) is 4.67. The highest BCUT2D eigenvalue weighted by molar-refractivity contribution is 5.68. The Morgan fingerprint density at radius 1 is 1.56 bits per heavy atom. The van der Waals surface area contributed by atoms with E-state index < -0.39 is 5.97 Å². The number of hydrogen-bond acceptors (Lipinski definition) is 4. The standard InChI is InChI=1S/C13H17N3O2/c1-4-16(6-5-13(17)18)12-7-9(2)15-10(3)11(12)8-14/h7H,4-6H2,1-3H3,(H,17,18). The third-order valence-corrected chi connectivity index (χ3v) is 2.74. The third-order valence-electron chi connectivity index (χ3n) is 2.74. The van der Waals surface area contributed by atoms with Gasteiger partial charge >= 0.3 is 5.97 Å². The largest absolute Gasteiger partial charge is 0.481 e. The fourth-order valence-corrected chi connectivity index (χ4v) is 1.88. The molecule has 1 heterocycles. The molecule has 0 aliphatic heterocycles. The zero-order chi connectivity index (χ0) is 13.7. The molecule has 0 saturated heterocycles. The molecule has 0 bridgehead atoms. The van der Waals surface area contributed by atoms with E-state index in [1.54, 1.807) is 6.92 Å². The van der Waals surface area contributed by atoms with Crippen molar-refractivity contribution in [1.29, 1.82) is 5.26 Å². The first-order chi connectivity index (χ1) is 8.49. The minimum absolute atomic E-state index is 0.0547. The van der Waals surface area contributed by atoms with Gasteiger partial charge in [0.15, 0.2) is 0 Å². The summed E-state index contributed by atoms with van der Waals surface area (Å²) in [7, 11) is 0. The molecule has 0 saturated carbocycles. The second-order valence-corrected chi connectivity index (χ2v) is 4.08. The summed E-state index contributed by atoms with van der Waals surface area (Å²) in [5.41, 5.74) is 2.80. The van der Waals surface area contributed by atoms with E-state index in [0.29, 0.717) is 24.3 Å². The summed E-state index contributed by atoms with van der Waals surface area (Å²) in [6, 6.07) is 3.97. The SMILES string of the molecule is CCN(CCC(=O)O)c1cc(C)nc(C)c1C#N. The van der Waals surface area contributed by atoms with Crippen LogP contribution in [0.3, 0.4) is 0 Å². The fourth-order valence-electron chi connectivity index (χ4n) is 1.88. The molecule has 0 amide bonds. The van der Waals surface area contributed by atoms with Crippen LogP contribution in [0, 0.1) is 25.2 Å². The molecule has 0 unspecified atom stereocenters. The Balaban J connectivity index is 3.12. The van der Waals surface area contributed by atoms with E-state index in [1.165, 1.54) is 0 Å². The molecule has 5 heteroatoms. The number of aliphatic carboxylic acids is 1. The highest BCUT2D eigenvalue weighted by atomic mass is 16.4. The van der Waals surface area contributed by atoms with Crippen LogP contribution < -0.4 is 4.90 Å². The first-order valence-electron chi connectivity index (χ1n) is 5.84. The number of carboxylic acid groups (broad SMARTS) is 1. The van der Waals surface area contributed by atoms with Crippen molar-refractivity contribution in [2.45, 2.75) is 27.2 Å². The molecule has 0 atom stereocenters. The number of aryl methyl sites for hydroxylation is 2. The van der Waals surface area contributed by atoms with Crippen molar-refractivity contribution in [1.82, 2.24) is 4.98 Å². The van der Waals surface area contributed by atoms with Crippen molar-refractivity contribution >= 4 is 11.7 Å². The Bertz CT molecular complexity index is 492. The minimum Gasteiger partial charge on any atom is -0.481 e. The van der Waals surface area contributed by atoms with Gasteiger partial charge in [-0.05, 0) is 26.8 Å². The van der Waals surface area contributed by atoms with Crippen LogP contribution in [0.25, 0.3) is 0 Å². The molecule has 96 valence electrons. The average molecular weight is 247 g/mol. The number of carboxylic acids is 1.